The lowest BCUT2D eigenvalue weighted by Crippen LogP contribution is -1.88. The lowest BCUT2D eigenvalue weighted by Gasteiger charge is -2.09. The molecule has 0 aliphatic rings. The number of hydrogen-bond acceptors (Lipinski definition) is 0. The maximum atomic E-state index is 15.1. The summed E-state index contributed by atoms with van der Waals surface area (Å²) < 4.78 is 15.1. The van der Waals surface area contributed by atoms with Crippen LogP contribution in [-0.4, -0.2) is 0 Å². The number of benzene rings is 4. The minimum Gasteiger partial charge on any atom is -0.206 e. The first-order valence-electron chi connectivity index (χ1n) is 10.1. The Labute approximate surface area is 166 Å². The Kier molecular flexibility index (Phi) is 5.53. The van der Waals surface area contributed by atoms with Crippen LogP contribution in [0, 0.1) is 5.82 Å². The molecule has 0 atom stereocenters. The summed E-state index contributed by atoms with van der Waals surface area (Å²) in [5.41, 5.74) is 5.24. The molecule has 140 valence electrons. The van der Waals surface area contributed by atoms with Gasteiger partial charge >= 0.3 is 0 Å². The second-order valence-electron chi connectivity index (χ2n) is 7.38. The van der Waals surface area contributed by atoms with Crippen LogP contribution < -0.4 is 0 Å². The molecule has 0 nitrogen and oxygen atoms in total. The molecule has 4 aromatic rings. The Balaban J connectivity index is 1.63. The number of halogens is 1. The first-order chi connectivity index (χ1) is 13.8. The molecule has 0 heterocycles. The van der Waals surface area contributed by atoms with Crippen LogP contribution in [0.5, 0.6) is 0 Å². The first kappa shape index (κ1) is 18.4. The van der Waals surface area contributed by atoms with Gasteiger partial charge in [-0.2, -0.15) is 0 Å². The van der Waals surface area contributed by atoms with Crippen molar-refractivity contribution in [2.45, 2.75) is 32.6 Å². The molecule has 0 spiro atoms. The third kappa shape index (κ3) is 3.84. The molecule has 0 amide bonds. The minimum atomic E-state index is -0.151. The molecule has 0 aliphatic carbocycles. The monoisotopic (exact) mass is 368 g/mol. The van der Waals surface area contributed by atoms with Crippen molar-refractivity contribution in [1.29, 1.82) is 0 Å². The van der Waals surface area contributed by atoms with Crippen molar-refractivity contribution in [3.8, 4) is 22.3 Å². The Morgan fingerprint density at radius 1 is 0.679 bits per heavy atom. The fraction of sp³-hybridized carbons (Fsp3) is 0.185. The van der Waals surface area contributed by atoms with Crippen molar-refractivity contribution in [2.75, 3.05) is 0 Å². The van der Waals surface area contributed by atoms with Gasteiger partial charge in [0.1, 0.15) is 5.82 Å². The van der Waals surface area contributed by atoms with E-state index in [0.717, 1.165) is 22.9 Å². The van der Waals surface area contributed by atoms with E-state index in [4.69, 9.17) is 0 Å². The Hall–Kier alpha value is -2.93. The first-order valence-corrected chi connectivity index (χ1v) is 10.1. The summed E-state index contributed by atoms with van der Waals surface area (Å²) in [5, 5.41) is 1.60. The Morgan fingerprint density at radius 3 is 2.18 bits per heavy atom. The minimum absolute atomic E-state index is 0.151. The van der Waals surface area contributed by atoms with E-state index in [-0.39, 0.29) is 5.82 Å². The predicted molar refractivity (Wildman–Crippen MR) is 118 cm³/mol. The van der Waals surface area contributed by atoms with Crippen LogP contribution in [0.4, 0.5) is 4.39 Å². The number of rotatable bonds is 6. The lowest BCUT2D eigenvalue weighted by molar-refractivity contribution is 0.643. The Morgan fingerprint density at radius 2 is 1.43 bits per heavy atom. The van der Waals surface area contributed by atoms with Crippen LogP contribution in [0.15, 0.2) is 84.9 Å². The van der Waals surface area contributed by atoms with Gasteiger partial charge in [0.15, 0.2) is 0 Å². The summed E-state index contributed by atoms with van der Waals surface area (Å²) in [5.74, 6) is -0.151. The number of hydrogen-bond donors (Lipinski definition) is 0. The highest BCUT2D eigenvalue weighted by atomic mass is 19.1. The van der Waals surface area contributed by atoms with Crippen LogP contribution in [0.25, 0.3) is 33.0 Å². The predicted octanol–water partition coefficient (Wildman–Crippen LogP) is 8.05. The van der Waals surface area contributed by atoms with Gasteiger partial charge in [-0.15, -0.1) is 0 Å². The van der Waals surface area contributed by atoms with Gasteiger partial charge in [-0.3, -0.25) is 0 Å². The highest BCUT2D eigenvalue weighted by Gasteiger charge is 2.10. The molecule has 0 N–H and O–H groups in total. The van der Waals surface area contributed by atoms with E-state index in [0.29, 0.717) is 10.9 Å². The van der Waals surface area contributed by atoms with Gasteiger partial charge in [0.2, 0.25) is 0 Å². The molecule has 0 fully saturated rings. The van der Waals surface area contributed by atoms with Crippen molar-refractivity contribution < 1.29 is 4.39 Å². The van der Waals surface area contributed by atoms with E-state index in [1.54, 1.807) is 0 Å². The number of aryl methyl sites for hydroxylation is 1. The summed E-state index contributed by atoms with van der Waals surface area (Å²) >= 11 is 0. The van der Waals surface area contributed by atoms with Gasteiger partial charge < -0.3 is 0 Å². The highest BCUT2D eigenvalue weighted by molar-refractivity contribution is 5.91. The molecule has 0 unspecified atom stereocenters. The summed E-state index contributed by atoms with van der Waals surface area (Å²) in [6.07, 6.45) is 4.91. The zero-order valence-corrected chi connectivity index (χ0v) is 16.3. The summed E-state index contributed by atoms with van der Waals surface area (Å²) in [7, 11) is 0. The molecule has 0 aliphatic heterocycles. The van der Waals surface area contributed by atoms with Crippen molar-refractivity contribution in [3.05, 3.63) is 96.3 Å². The van der Waals surface area contributed by atoms with E-state index >= 15 is 4.39 Å². The highest BCUT2D eigenvalue weighted by Crippen LogP contribution is 2.31. The molecule has 0 bridgehead atoms. The normalized spacial score (nSPS) is 11.1. The van der Waals surface area contributed by atoms with Gasteiger partial charge in [-0.05, 0) is 46.5 Å². The van der Waals surface area contributed by atoms with Crippen LogP contribution in [0.3, 0.4) is 0 Å². The summed E-state index contributed by atoms with van der Waals surface area (Å²) in [6.45, 7) is 2.23. The molecule has 4 aromatic carbocycles. The Bertz CT molecular complexity index is 1060. The SMILES string of the molecule is CCCCCc1ccc(-c2ccc3c(F)c(-c4ccccc4)ccc3c2)cc1. The smallest absolute Gasteiger partial charge is 0.138 e. The van der Waals surface area contributed by atoms with Gasteiger partial charge in [0.25, 0.3) is 0 Å². The van der Waals surface area contributed by atoms with Crippen molar-refractivity contribution in [2.24, 2.45) is 0 Å². The molecular formula is C27H25F. The molecular weight excluding hydrogens is 343 g/mol. The summed E-state index contributed by atoms with van der Waals surface area (Å²) in [6, 6.07) is 28.4. The van der Waals surface area contributed by atoms with E-state index in [9.17, 15) is 0 Å². The molecule has 28 heavy (non-hydrogen) atoms. The maximum absolute atomic E-state index is 15.1. The van der Waals surface area contributed by atoms with Crippen LogP contribution in [0.1, 0.15) is 31.7 Å². The number of fused-ring (bicyclic) bond motifs is 1. The second kappa shape index (κ2) is 8.39. The molecule has 4 rings (SSSR count). The molecule has 0 saturated heterocycles. The molecule has 1 heteroatoms. The average Bonchev–Trinajstić information content (AvgIpc) is 2.75. The van der Waals surface area contributed by atoms with Gasteiger partial charge in [0, 0.05) is 10.9 Å². The fourth-order valence-electron chi connectivity index (χ4n) is 3.76. The van der Waals surface area contributed by atoms with Crippen molar-refractivity contribution >= 4 is 10.8 Å². The van der Waals surface area contributed by atoms with E-state index in [1.165, 1.54) is 30.4 Å². The third-order valence-corrected chi connectivity index (χ3v) is 5.40. The van der Waals surface area contributed by atoms with Gasteiger partial charge in [-0.1, -0.05) is 98.6 Å². The van der Waals surface area contributed by atoms with Gasteiger partial charge in [-0.25, -0.2) is 4.39 Å². The quantitative estimate of drug-likeness (QED) is 0.302. The van der Waals surface area contributed by atoms with E-state index < -0.39 is 0 Å². The third-order valence-electron chi connectivity index (χ3n) is 5.40. The lowest BCUT2D eigenvalue weighted by atomic mass is 9.96. The topological polar surface area (TPSA) is 0 Å². The van der Waals surface area contributed by atoms with Crippen LogP contribution in [0.2, 0.25) is 0 Å². The zero-order valence-electron chi connectivity index (χ0n) is 16.3. The van der Waals surface area contributed by atoms with Crippen molar-refractivity contribution in [1.82, 2.24) is 0 Å². The average molecular weight is 368 g/mol. The second-order valence-corrected chi connectivity index (χ2v) is 7.38. The molecule has 0 saturated carbocycles. The van der Waals surface area contributed by atoms with E-state index in [2.05, 4.69) is 37.3 Å². The largest absolute Gasteiger partial charge is 0.206 e. The fourth-order valence-corrected chi connectivity index (χ4v) is 3.76. The maximum Gasteiger partial charge on any atom is 0.138 e. The zero-order chi connectivity index (χ0) is 19.3. The number of unbranched alkanes of at least 4 members (excludes halogenated alkanes) is 2. The van der Waals surface area contributed by atoms with Crippen molar-refractivity contribution in [3.63, 3.8) is 0 Å². The molecule has 0 aromatic heterocycles. The summed E-state index contributed by atoms with van der Waals surface area (Å²) in [4.78, 5) is 0. The molecule has 0 radical (unpaired) electrons. The van der Waals surface area contributed by atoms with Crippen LogP contribution >= 0.6 is 0 Å². The van der Waals surface area contributed by atoms with E-state index in [1.807, 2.05) is 54.6 Å². The van der Waals surface area contributed by atoms with Crippen LogP contribution in [-0.2, 0) is 6.42 Å². The standard InChI is InChI=1S/C27H25F/c1-2-3-5-8-20-11-13-21(14-12-20)23-15-17-26-24(19-23)16-18-25(27(26)28)22-9-6-4-7-10-22/h4,6-7,9-19H,2-3,5,8H2,1H3. The van der Waals surface area contributed by atoms with Gasteiger partial charge in [0.05, 0.1) is 0 Å².